The molecule has 1 aliphatic carbocycles. The van der Waals surface area contributed by atoms with Crippen molar-refractivity contribution in [2.45, 2.75) is 6.17 Å². The third kappa shape index (κ3) is 0.900. The minimum atomic E-state index is -0.973. The Morgan fingerprint density at radius 1 is 1.33 bits per heavy atom. The minimum Gasteiger partial charge on any atom is -0.237 e. The number of rotatable bonds is 1. The van der Waals surface area contributed by atoms with Crippen molar-refractivity contribution in [3.05, 3.63) is 53.6 Å². The molecule has 2 rings (SSSR count). The van der Waals surface area contributed by atoms with Gasteiger partial charge < -0.3 is 0 Å². The number of fused-ring (bicyclic) bond motifs is 1. The lowest BCUT2D eigenvalue weighted by Crippen LogP contribution is -1.87. The molecule has 0 N–H and O–H groups in total. The standard InChI is InChI=1S/C11H9F/c1-2-8-7-9-5-3-4-6-10(9)11(8)12/h2-7,11H,1H2. The van der Waals surface area contributed by atoms with Crippen molar-refractivity contribution in [1.82, 2.24) is 0 Å². The van der Waals surface area contributed by atoms with E-state index in [0.717, 1.165) is 11.1 Å². The summed E-state index contributed by atoms with van der Waals surface area (Å²) in [6, 6.07) is 7.49. The number of alkyl halides is 1. The van der Waals surface area contributed by atoms with Crippen LogP contribution in [0.1, 0.15) is 17.3 Å². The predicted octanol–water partition coefficient (Wildman–Crippen LogP) is 3.28. The molecule has 0 aliphatic heterocycles. The van der Waals surface area contributed by atoms with E-state index in [2.05, 4.69) is 6.58 Å². The number of benzene rings is 1. The quantitative estimate of drug-likeness (QED) is 0.591. The Kier molecular flexibility index (Phi) is 1.58. The van der Waals surface area contributed by atoms with E-state index in [1.54, 1.807) is 6.08 Å². The molecule has 0 radical (unpaired) electrons. The van der Waals surface area contributed by atoms with E-state index in [9.17, 15) is 4.39 Å². The summed E-state index contributed by atoms with van der Waals surface area (Å²) < 4.78 is 13.4. The summed E-state index contributed by atoms with van der Waals surface area (Å²) in [4.78, 5) is 0. The topological polar surface area (TPSA) is 0 Å². The van der Waals surface area contributed by atoms with Crippen LogP contribution in [0.2, 0.25) is 0 Å². The Bertz CT molecular complexity index is 350. The maximum Gasteiger partial charge on any atom is 0.151 e. The smallest absolute Gasteiger partial charge is 0.151 e. The van der Waals surface area contributed by atoms with Crippen molar-refractivity contribution in [1.29, 1.82) is 0 Å². The van der Waals surface area contributed by atoms with Crippen LogP contribution in [0.15, 0.2) is 42.5 Å². The lowest BCUT2D eigenvalue weighted by molar-refractivity contribution is 0.407. The summed E-state index contributed by atoms with van der Waals surface area (Å²) in [5.41, 5.74) is 2.39. The van der Waals surface area contributed by atoms with Crippen molar-refractivity contribution in [2.75, 3.05) is 0 Å². The molecule has 0 saturated carbocycles. The summed E-state index contributed by atoms with van der Waals surface area (Å²) in [5.74, 6) is 0. The summed E-state index contributed by atoms with van der Waals surface area (Å²) in [5, 5.41) is 0. The van der Waals surface area contributed by atoms with Gasteiger partial charge in [-0.25, -0.2) is 4.39 Å². The molecule has 1 aliphatic rings. The van der Waals surface area contributed by atoms with Crippen molar-refractivity contribution in [3.63, 3.8) is 0 Å². The van der Waals surface area contributed by atoms with Gasteiger partial charge in [0.15, 0.2) is 6.17 Å². The Morgan fingerprint density at radius 2 is 2.08 bits per heavy atom. The highest BCUT2D eigenvalue weighted by atomic mass is 19.1. The molecular formula is C11H9F. The minimum absolute atomic E-state index is 0.663. The maximum absolute atomic E-state index is 13.4. The van der Waals surface area contributed by atoms with Gasteiger partial charge >= 0.3 is 0 Å². The number of allylic oxidation sites excluding steroid dienone is 2. The van der Waals surface area contributed by atoms with Crippen LogP contribution in [-0.4, -0.2) is 0 Å². The second-order valence-electron chi connectivity index (χ2n) is 2.84. The van der Waals surface area contributed by atoms with E-state index < -0.39 is 6.17 Å². The average molecular weight is 160 g/mol. The fourth-order valence-corrected chi connectivity index (χ4v) is 1.47. The fourth-order valence-electron chi connectivity index (χ4n) is 1.47. The summed E-state index contributed by atoms with van der Waals surface area (Å²) in [7, 11) is 0. The molecule has 0 saturated heterocycles. The molecule has 0 fully saturated rings. The van der Waals surface area contributed by atoms with Gasteiger partial charge in [0.1, 0.15) is 0 Å². The molecule has 0 amide bonds. The third-order valence-corrected chi connectivity index (χ3v) is 2.12. The van der Waals surface area contributed by atoms with Crippen molar-refractivity contribution in [3.8, 4) is 0 Å². The molecule has 0 spiro atoms. The SMILES string of the molecule is C=CC1=Cc2ccccc2C1F. The van der Waals surface area contributed by atoms with Crippen LogP contribution in [-0.2, 0) is 0 Å². The van der Waals surface area contributed by atoms with Gasteiger partial charge in [0, 0.05) is 0 Å². The maximum atomic E-state index is 13.4. The van der Waals surface area contributed by atoms with Crippen LogP contribution in [0.5, 0.6) is 0 Å². The average Bonchev–Trinajstić information content (AvgIpc) is 2.44. The lowest BCUT2D eigenvalue weighted by Gasteiger charge is -2.02. The highest BCUT2D eigenvalue weighted by molar-refractivity contribution is 5.67. The number of halogens is 1. The Morgan fingerprint density at radius 3 is 2.75 bits per heavy atom. The van der Waals surface area contributed by atoms with Gasteiger partial charge in [0.05, 0.1) is 0 Å². The van der Waals surface area contributed by atoms with E-state index in [4.69, 9.17) is 0 Å². The van der Waals surface area contributed by atoms with Crippen molar-refractivity contribution < 1.29 is 4.39 Å². The molecule has 1 aromatic carbocycles. The van der Waals surface area contributed by atoms with Crippen LogP contribution in [0.3, 0.4) is 0 Å². The molecule has 0 bridgehead atoms. The van der Waals surface area contributed by atoms with Crippen LogP contribution < -0.4 is 0 Å². The first-order valence-corrected chi connectivity index (χ1v) is 3.90. The van der Waals surface area contributed by atoms with Gasteiger partial charge in [-0.1, -0.05) is 36.9 Å². The first-order chi connectivity index (χ1) is 5.83. The first-order valence-electron chi connectivity index (χ1n) is 3.90. The van der Waals surface area contributed by atoms with E-state index in [-0.39, 0.29) is 0 Å². The molecule has 0 aromatic heterocycles. The number of hydrogen-bond acceptors (Lipinski definition) is 0. The normalized spacial score (nSPS) is 20.1. The zero-order valence-corrected chi connectivity index (χ0v) is 6.63. The molecule has 0 heterocycles. The summed E-state index contributed by atoms with van der Waals surface area (Å²) in [6.45, 7) is 3.57. The van der Waals surface area contributed by atoms with Gasteiger partial charge in [-0.3, -0.25) is 0 Å². The molecule has 1 atom stereocenters. The first kappa shape index (κ1) is 7.29. The second kappa shape index (κ2) is 2.59. The van der Waals surface area contributed by atoms with E-state index in [1.807, 2.05) is 30.3 Å². The van der Waals surface area contributed by atoms with E-state index in [0.29, 0.717) is 5.57 Å². The third-order valence-electron chi connectivity index (χ3n) is 2.12. The molecule has 12 heavy (non-hydrogen) atoms. The fraction of sp³-hybridized carbons (Fsp3) is 0.0909. The highest BCUT2D eigenvalue weighted by Crippen LogP contribution is 2.37. The molecule has 1 unspecified atom stereocenters. The molecular weight excluding hydrogens is 151 g/mol. The van der Waals surface area contributed by atoms with Crippen LogP contribution >= 0.6 is 0 Å². The Balaban J connectivity index is 2.54. The molecule has 1 heteroatoms. The zero-order valence-electron chi connectivity index (χ0n) is 6.63. The predicted molar refractivity (Wildman–Crippen MR) is 48.5 cm³/mol. The monoisotopic (exact) mass is 160 g/mol. The summed E-state index contributed by atoms with van der Waals surface area (Å²) in [6.07, 6.45) is 2.44. The van der Waals surface area contributed by atoms with Crippen LogP contribution in [0.25, 0.3) is 6.08 Å². The van der Waals surface area contributed by atoms with Gasteiger partial charge in [-0.15, -0.1) is 0 Å². The molecule has 60 valence electrons. The zero-order chi connectivity index (χ0) is 8.55. The van der Waals surface area contributed by atoms with Gasteiger partial charge in [0.25, 0.3) is 0 Å². The largest absolute Gasteiger partial charge is 0.237 e. The highest BCUT2D eigenvalue weighted by Gasteiger charge is 2.21. The number of hydrogen-bond donors (Lipinski definition) is 0. The van der Waals surface area contributed by atoms with E-state index in [1.165, 1.54) is 0 Å². The van der Waals surface area contributed by atoms with Crippen LogP contribution in [0.4, 0.5) is 4.39 Å². The van der Waals surface area contributed by atoms with Gasteiger partial charge in [-0.2, -0.15) is 0 Å². The molecule has 1 aromatic rings. The lowest BCUT2D eigenvalue weighted by atomic mass is 10.1. The van der Waals surface area contributed by atoms with Crippen LogP contribution in [0, 0.1) is 0 Å². The Hall–Kier alpha value is -1.37. The van der Waals surface area contributed by atoms with E-state index >= 15 is 0 Å². The second-order valence-corrected chi connectivity index (χ2v) is 2.84. The van der Waals surface area contributed by atoms with Crippen molar-refractivity contribution >= 4 is 6.08 Å². The van der Waals surface area contributed by atoms with Crippen molar-refractivity contribution in [2.24, 2.45) is 0 Å². The van der Waals surface area contributed by atoms with Gasteiger partial charge in [0.2, 0.25) is 0 Å². The Labute approximate surface area is 71.0 Å². The van der Waals surface area contributed by atoms with Gasteiger partial charge in [-0.05, 0) is 22.8 Å². The summed E-state index contributed by atoms with van der Waals surface area (Å²) >= 11 is 0. The molecule has 0 nitrogen and oxygen atoms in total.